The summed E-state index contributed by atoms with van der Waals surface area (Å²) in [5, 5.41) is 0.464. The monoisotopic (exact) mass is 344 g/mol. The van der Waals surface area contributed by atoms with Crippen LogP contribution in [0.25, 0.3) is 0 Å². The zero-order valence-corrected chi connectivity index (χ0v) is 13.8. The van der Waals surface area contributed by atoms with E-state index in [0.29, 0.717) is 5.02 Å². The highest BCUT2D eigenvalue weighted by Crippen LogP contribution is 2.31. The first-order chi connectivity index (χ1) is 10.5. The standard InChI is InChI=1S/C16H18Cl2O4/c1-2-3-4-5-11-21-14(19)9-10-15(20)22-13-8-6-7-12(17)16(13)18/h4-8H,2-3,9-11H2,1H3/b5-4-. The molecule has 1 rings (SSSR count). The van der Waals surface area contributed by atoms with Crippen LogP contribution < -0.4 is 4.74 Å². The van der Waals surface area contributed by atoms with Gasteiger partial charge in [0.25, 0.3) is 0 Å². The molecule has 0 N–H and O–H groups in total. The molecule has 0 aliphatic heterocycles. The highest BCUT2D eigenvalue weighted by molar-refractivity contribution is 6.43. The highest BCUT2D eigenvalue weighted by Gasteiger charge is 2.12. The Bertz CT molecular complexity index is 541. The molecule has 0 aliphatic carbocycles. The van der Waals surface area contributed by atoms with Gasteiger partial charge in [0.05, 0.1) is 17.9 Å². The molecule has 1 aromatic rings. The topological polar surface area (TPSA) is 52.6 Å². The number of carbonyl (C=O) groups excluding carboxylic acids is 2. The van der Waals surface area contributed by atoms with Crippen molar-refractivity contribution in [3.63, 3.8) is 0 Å². The number of allylic oxidation sites excluding steroid dienone is 1. The molecule has 22 heavy (non-hydrogen) atoms. The van der Waals surface area contributed by atoms with Crippen LogP contribution in [0.4, 0.5) is 0 Å². The Morgan fingerprint density at radius 3 is 2.59 bits per heavy atom. The number of unbranched alkanes of at least 4 members (excludes halogenated alkanes) is 1. The minimum absolute atomic E-state index is 0.0430. The smallest absolute Gasteiger partial charge is 0.311 e. The highest BCUT2D eigenvalue weighted by atomic mass is 35.5. The lowest BCUT2D eigenvalue weighted by molar-refractivity contribution is -0.145. The van der Waals surface area contributed by atoms with Crippen molar-refractivity contribution in [3.05, 3.63) is 40.4 Å². The van der Waals surface area contributed by atoms with Crippen LogP contribution in [0.3, 0.4) is 0 Å². The van der Waals surface area contributed by atoms with E-state index in [4.69, 9.17) is 32.7 Å². The average Bonchev–Trinajstić information content (AvgIpc) is 2.49. The quantitative estimate of drug-likeness (QED) is 0.393. The first-order valence-electron chi connectivity index (χ1n) is 7.00. The molecule has 0 saturated heterocycles. The second-order valence-electron chi connectivity index (χ2n) is 4.47. The predicted molar refractivity (Wildman–Crippen MR) is 86.3 cm³/mol. The summed E-state index contributed by atoms with van der Waals surface area (Å²) in [6.07, 6.45) is 5.60. The molecule has 0 bridgehead atoms. The van der Waals surface area contributed by atoms with Crippen LogP contribution in [0.15, 0.2) is 30.4 Å². The first kappa shape index (κ1) is 18.5. The third-order valence-electron chi connectivity index (χ3n) is 2.64. The number of esters is 2. The van der Waals surface area contributed by atoms with Gasteiger partial charge >= 0.3 is 11.9 Å². The van der Waals surface area contributed by atoms with Crippen molar-refractivity contribution >= 4 is 35.1 Å². The normalized spacial score (nSPS) is 10.7. The Morgan fingerprint density at radius 1 is 1.14 bits per heavy atom. The number of rotatable bonds is 8. The minimum atomic E-state index is -0.567. The Kier molecular flexibility index (Phi) is 8.63. The molecule has 0 aromatic heterocycles. The molecule has 0 aliphatic rings. The molecule has 0 amide bonds. The second-order valence-corrected chi connectivity index (χ2v) is 5.25. The molecule has 6 heteroatoms. The third-order valence-corrected chi connectivity index (χ3v) is 3.44. The van der Waals surface area contributed by atoms with Crippen molar-refractivity contribution in [1.29, 1.82) is 0 Å². The predicted octanol–water partition coefficient (Wildman–Crippen LogP) is 4.58. The van der Waals surface area contributed by atoms with Gasteiger partial charge in [-0.1, -0.05) is 54.8 Å². The summed E-state index contributed by atoms with van der Waals surface area (Å²) < 4.78 is 10.0. The number of hydrogen-bond donors (Lipinski definition) is 0. The summed E-state index contributed by atoms with van der Waals surface area (Å²) in [6, 6.07) is 4.74. The van der Waals surface area contributed by atoms with Crippen LogP contribution in [0.1, 0.15) is 32.6 Å². The van der Waals surface area contributed by atoms with Crippen LogP contribution in [-0.4, -0.2) is 18.5 Å². The average molecular weight is 345 g/mol. The van der Waals surface area contributed by atoms with Crippen LogP contribution in [0.5, 0.6) is 5.75 Å². The summed E-state index contributed by atoms with van der Waals surface area (Å²) in [5.41, 5.74) is 0. The van der Waals surface area contributed by atoms with E-state index in [-0.39, 0.29) is 30.2 Å². The molecule has 0 atom stereocenters. The van der Waals surface area contributed by atoms with E-state index in [1.165, 1.54) is 6.07 Å². The van der Waals surface area contributed by atoms with Gasteiger partial charge in [-0.15, -0.1) is 0 Å². The van der Waals surface area contributed by atoms with E-state index in [9.17, 15) is 9.59 Å². The van der Waals surface area contributed by atoms with Gasteiger partial charge in [0.2, 0.25) is 0 Å². The lowest BCUT2D eigenvalue weighted by atomic mass is 10.3. The van der Waals surface area contributed by atoms with Gasteiger partial charge in [-0.05, 0) is 18.6 Å². The van der Waals surface area contributed by atoms with Crippen molar-refractivity contribution in [2.24, 2.45) is 0 Å². The Morgan fingerprint density at radius 2 is 1.86 bits per heavy atom. The van der Waals surface area contributed by atoms with Gasteiger partial charge in [-0.2, -0.15) is 0 Å². The SMILES string of the molecule is CCC/C=C\COC(=O)CCC(=O)Oc1cccc(Cl)c1Cl. The molecule has 1 aromatic carbocycles. The fourth-order valence-corrected chi connectivity index (χ4v) is 1.84. The van der Waals surface area contributed by atoms with Crippen molar-refractivity contribution < 1.29 is 19.1 Å². The molecule has 120 valence electrons. The zero-order valence-electron chi connectivity index (χ0n) is 12.3. The zero-order chi connectivity index (χ0) is 16.4. The van der Waals surface area contributed by atoms with Crippen molar-refractivity contribution in [1.82, 2.24) is 0 Å². The summed E-state index contributed by atoms with van der Waals surface area (Å²) >= 11 is 11.7. The third kappa shape index (κ3) is 6.96. The van der Waals surface area contributed by atoms with E-state index < -0.39 is 11.9 Å². The fourth-order valence-electron chi connectivity index (χ4n) is 1.51. The lowest BCUT2D eigenvalue weighted by Gasteiger charge is -2.07. The largest absolute Gasteiger partial charge is 0.461 e. The van der Waals surface area contributed by atoms with Gasteiger partial charge < -0.3 is 9.47 Å². The van der Waals surface area contributed by atoms with Gasteiger partial charge in [0.15, 0.2) is 5.75 Å². The summed E-state index contributed by atoms with van der Waals surface area (Å²) in [4.78, 5) is 23.1. The van der Waals surface area contributed by atoms with Gasteiger partial charge in [0, 0.05) is 0 Å². The summed E-state index contributed by atoms with van der Waals surface area (Å²) in [6.45, 7) is 2.28. The van der Waals surface area contributed by atoms with Crippen LogP contribution in [0, 0.1) is 0 Å². The van der Waals surface area contributed by atoms with E-state index >= 15 is 0 Å². The molecule has 0 saturated carbocycles. The molecular formula is C16H18Cl2O4. The van der Waals surface area contributed by atoms with E-state index in [2.05, 4.69) is 6.92 Å². The van der Waals surface area contributed by atoms with Crippen molar-refractivity contribution in [2.75, 3.05) is 6.61 Å². The van der Waals surface area contributed by atoms with E-state index in [1.807, 2.05) is 6.08 Å². The Labute approximate surface area is 140 Å². The molecule has 0 unspecified atom stereocenters. The summed E-state index contributed by atoms with van der Waals surface area (Å²) in [7, 11) is 0. The van der Waals surface area contributed by atoms with Gasteiger partial charge in [0.1, 0.15) is 11.6 Å². The number of ether oxygens (including phenoxy) is 2. The maximum atomic E-state index is 11.6. The summed E-state index contributed by atoms with van der Waals surface area (Å²) in [5.74, 6) is -0.840. The minimum Gasteiger partial charge on any atom is -0.461 e. The fraction of sp³-hybridized carbons (Fsp3) is 0.375. The van der Waals surface area contributed by atoms with Gasteiger partial charge in [-0.25, -0.2) is 0 Å². The van der Waals surface area contributed by atoms with Crippen LogP contribution in [0.2, 0.25) is 10.0 Å². The Balaban J connectivity index is 2.31. The van der Waals surface area contributed by atoms with E-state index in [1.54, 1.807) is 18.2 Å². The molecular weight excluding hydrogens is 327 g/mol. The molecule has 4 nitrogen and oxygen atoms in total. The number of hydrogen-bond acceptors (Lipinski definition) is 4. The van der Waals surface area contributed by atoms with Crippen LogP contribution >= 0.6 is 23.2 Å². The first-order valence-corrected chi connectivity index (χ1v) is 7.75. The Hall–Kier alpha value is -1.52. The molecule has 0 heterocycles. The maximum absolute atomic E-state index is 11.6. The van der Waals surface area contributed by atoms with Crippen molar-refractivity contribution in [2.45, 2.75) is 32.6 Å². The number of carbonyl (C=O) groups is 2. The maximum Gasteiger partial charge on any atom is 0.311 e. The van der Waals surface area contributed by atoms with Crippen LogP contribution in [-0.2, 0) is 14.3 Å². The van der Waals surface area contributed by atoms with E-state index in [0.717, 1.165) is 12.8 Å². The van der Waals surface area contributed by atoms with Crippen molar-refractivity contribution in [3.8, 4) is 5.75 Å². The number of benzene rings is 1. The molecule has 0 fully saturated rings. The molecule has 0 radical (unpaired) electrons. The van der Waals surface area contributed by atoms with Gasteiger partial charge in [-0.3, -0.25) is 9.59 Å². The second kappa shape index (κ2) is 10.2. The lowest BCUT2D eigenvalue weighted by Crippen LogP contribution is -2.12. The number of halogens is 2. The molecule has 0 spiro atoms.